The third-order valence-corrected chi connectivity index (χ3v) is 3.50. The van der Waals surface area contributed by atoms with Gasteiger partial charge in [-0.15, -0.1) is 0 Å². The van der Waals surface area contributed by atoms with Crippen LogP contribution < -0.4 is 0 Å². The maximum atomic E-state index is 10.4. The average Bonchev–Trinajstić information content (AvgIpc) is 2.22. The fourth-order valence-corrected chi connectivity index (χ4v) is 2.30. The van der Waals surface area contributed by atoms with Gasteiger partial charge >= 0.3 is 7.82 Å². The van der Waals surface area contributed by atoms with Gasteiger partial charge in [-0.05, 0) is 19.3 Å². The maximum absolute atomic E-state index is 10.4. The van der Waals surface area contributed by atoms with Crippen LogP contribution in [0.15, 0.2) is 0 Å². The van der Waals surface area contributed by atoms with Crippen molar-refractivity contribution in [2.45, 2.75) is 51.4 Å². The molecule has 0 radical (unpaired) electrons. The molecule has 0 saturated carbocycles. The molecule has 0 atom stereocenters. The fourth-order valence-electron chi connectivity index (χ4n) is 1.93. The second-order valence-corrected chi connectivity index (χ2v) is 7.41. The summed E-state index contributed by atoms with van der Waals surface area (Å²) in [7, 11) is 2.41. The van der Waals surface area contributed by atoms with E-state index in [1.807, 2.05) is 0 Å². The summed E-state index contributed by atoms with van der Waals surface area (Å²) in [4.78, 5) is 17.0. The molecule has 0 aromatic rings. The Labute approximate surface area is 117 Å². The van der Waals surface area contributed by atoms with Crippen molar-refractivity contribution in [2.75, 3.05) is 34.3 Å². The first-order valence-corrected chi connectivity index (χ1v) is 8.74. The highest BCUT2D eigenvalue weighted by atomic mass is 31.2. The van der Waals surface area contributed by atoms with Gasteiger partial charge in [0.25, 0.3) is 0 Å². The van der Waals surface area contributed by atoms with E-state index in [9.17, 15) is 4.57 Å². The van der Waals surface area contributed by atoms with E-state index in [0.717, 1.165) is 23.7 Å². The van der Waals surface area contributed by atoms with Crippen molar-refractivity contribution in [3.05, 3.63) is 0 Å². The first-order valence-electron chi connectivity index (χ1n) is 7.21. The van der Waals surface area contributed by atoms with Crippen LogP contribution in [0.4, 0.5) is 0 Å². The molecule has 0 aromatic carbocycles. The summed E-state index contributed by atoms with van der Waals surface area (Å²) in [5, 5.41) is 0. The molecule has 0 spiro atoms. The molecule has 0 fully saturated rings. The summed E-state index contributed by atoms with van der Waals surface area (Å²) in [5.74, 6) is 0. The molecular weight excluding hydrogens is 265 g/mol. The molecule has 0 unspecified atom stereocenters. The molecule has 0 rings (SSSR count). The van der Waals surface area contributed by atoms with E-state index in [0.29, 0.717) is 0 Å². The van der Waals surface area contributed by atoms with Crippen LogP contribution in [-0.4, -0.2) is 48.6 Å². The first-order chi connectivity index (χ1) is 8.71. The van der Waals surface area contributed by atoms with Gasteiger partial charge in [-0.2, -0.15) is 0 Å². The molecule has 5 nitrogen and oxygen atoms in total. The second kappa shape index (κ2) is 9.89. The first kappa shape index (κ1) is 19.1. The molecule has 0 saturated heterocycles. The largest absolute Gasteiger partial charge is 0.469 e. The Morgan fingerprint density at radius 3 is 1.68 bits per heavy atom. The molecule has 0 aliphatic carbocycles. The van der Waals surface area contributed by atoms with E-state index in [1.54, 1.807) is 0 Å². The van der Waals surface area contributed by atoms with Crippen LogP contribution in [0.1, 0.15) is 51.4 Å². The van der Waals surface area contributed by atoms with Gasteiger partial charge in [-0.25, -0.2) is 4.57 Å². The van der Waals surface area contributed by atoms with Crippen molar-refractivity contribution in [2.24, 2.45) is 0 Å². The maximum Gasteiger partial charge on any atom is 0.469 e. The van der Waals surface area contributed by atoms with Crippen LogP contribution >= 0.6 is 7.82 Å². The van der Waals surface area contributed by atoms with Gasteiger partial charge in [0.15, 0.2) is 0 Å². The zero-order chi connectivity index (χ0) is 14.8. The van der Waals surface area contributed by atoms with Gasteiger partial charge in [0.1, 0.15) is 0 Å². The summed E-state index contributed by atoms with van der Waals surface area (Å²) in [6, 6.07) is 0. The predicted octanol–water partition coefficient (Wildman–Crippen LogP) is 2.92. The highest BCUT2D eigenvalue weighted by Crippen LogP contribution is 2.35. The summed E-state index contributed by atoms with van der Waals surface area (Å²) >= 11 is 0. The zero-order valence-corrected chi connectivity index (χ0v) is 13.6. The molecule has 0 bridgehead atoms. The Balaban J connectivity index is 3.14. The molecule has 0 heterocycles. The van der Waals surface area contributed by atoms with Crippen molar-refractivity contribution >= 4 is 7.82 Å². The highest BCUT2D eigenvalue weighted by molar-refractivity contribution is 7.46. The van der Waals surface area contributed by atoms with E-state index in [1.165, 1.54) is 38.6 Å². The molecule has 0 aliphatic rings. The van der Waals surface area contributed by atoms with E-state index in [-0.39, 0.29) is 6.61 Å². The molecule has 0 amide bonds. The highest BCUT2D eigenvalue weighted by Gasteiger charge is 2.12. The molecule has 6 heteroatoms. The molecular formula is C13H31NO4P+. The normalized spacial score (nSPS) is 12.9. The molecule has 19 heavy (non-hydrogen) atoms. The monoisotopic (exact) mass is 296 g/mol. The lowest BCUT2D eigenvalue weighted by atomic mass is 10.1. The van der Waals surface area contributed by atoms with Crippen LogP contribution in [0.5, 0.6) is 0 Å². The Hall–Kier alpha value is 0.0700. The number of phosphoric acid groups is 1. The van der Waals surface area contributed by atoms with Crippen molar-refractivity contribution in [3.8, 4) is 0 Å². The van der Waals surface area contributed by atoms with Gasteiger partial charge in [0.05, 0.1) is 34.3 Å². The SMILES string of the molecule is C[N+](C)(C)CCCCCCCCCCOP(=O)(O)O. The van der Waals surface area contributed by atoms with Crippen LogP contribution in [0.25, 0.3) is 0 Å². The Kier molecular flexibility index (Phi) is 9.93. The second-order valence-electron chi connectivity index (χ2n) is 6.17. The van der Waals surface area contributed by atoms with Crippen LogP contribution in [-0.2, 0) is 9.09 Å². The summed E-state index contributed by atoms with van der Waals surface area (Å²) in [6.07, 6.45) is 9.19. The minimum Gasteiger partial charge on any atom is -0.331 e. The van der Waals surface area contributed by atoms with Crippen LogP contribution in [0.2, 0.25) is 0 Å². The number of quaternary nitrogens is 1. The van der Waals surface area contributed by atoms with E-state index >= 15 is 0 Å². The van der Waals surface area contributed by atoms with Crippen molar-refractivity contribution in [1.29, 1.82) is 0 Å². The topological polar surface area (TPSA) is 66.8 Å². The predicted molar refractivity (Wildman–Crippen MR) is 77.8 cm³/mol. The number of unbranched alkanes of at least 4 members (excludes halogenated alkanes) is 7. The van der Waals surface area contributed by atoms with Crippen LogP contribution in [0, 0.1) is 0 Å². The average molecular weight is 296 g/mol. The number of hydrogen-bond donors (Lipinski definition) is 2. The standard InChI is InChI=1S/C13H30NO4P/c1-14(2,3)12-10-8-6-4-5-7-9-11-13-18-19(15,16)17/h4-13H2,1-3H3,(H-,15,16,17)/p+1. The minimum atomic E-state index is -4.26. The summed E-state index contributed by atoms with van der Waals surface area (Å²) in [5.41, 5.74) is 0. The smallest absolute Gasteiger partial charge is 0.331 e. The summed E-state index contributed by atoms with van der Waals surface area (Å²) in [6.45, 7) is 1.40. The van der Waals surface area contributed by atoms with Crippen molar-refractivity contribution < 1.29 is 23.4 Å². The van der Waals surface area contributed by atoms with Gasteiger partial charge < -0.3 is 14.3 Å². The number of rotatable bonds is 12. The van der Waals surface area contributed by atoms with E-state index < -0.39 is 7.82 Å². The Bertz CT molecular complexity index is 260. The van der Waals surface area contributed by atoms with Gasteiger partial charge in [-0.1, -0.05) is 32.1 Å². The van der Waals surface area contributed by atoms with E-state index in [4.69, 9.17) is 9.79 Å². The molecule has 0 aliphatic heterocycles. The number of hydrogen-bond acceptors (Lipinski definition) is 2. The fraction of sp³-hybridized carbons (Fsp3) is 1.00. The lowest BCUT2D eigenvalue weighted by molar-refractivity contribution is -0.870. The number of phosphoric ester groups is 1. The quantitative estimate of drug-likeness (QED) is 0.330. The number of nitrogens with zero attached hydrogens (tertiary/aromatic N) is 1. The minimum absolute atomic E-state index is 0.160. The van der Waals surface area contributed by atoms with Gasteiger partial charge in [0, 0.05) is 0 Å². The van der Waals surface area contributed by atoms with Crippen molar-refractivity contribution in [3.63, 3.8) is 0 Å². The Morgan fingerprint density at radius 1 is 0.842 bits per heavy atom. The third kappa shape index (κ3) is 18.1. The lowest BCUT2D eigenvalue weighted by Crippen LogP contribution is -2.35. The molecule has 2 N–H and O–H groups in total. The van der Waals surface area contributed by atoms with Gasteiger partial charge in [-0.3, -0.25) is 4.52 Å². The van der Waals surface area contributed by atoms with Crippen molar-refractivity contribution in [1.82, 2.24) is 0 Å². The molecule has 0 aromatic heterocycles. The van der Waals surface area contributed by atoms with Crippen LogP contribution in [0.3, 0.4) is 0 Å². The third-order valence-electron chi connectivity index (χ3n) is 2.98. The Morgan fingerprint density at radius 2 is 1.26 bits per heavy atom. The van der Waals surface area contributed by atoms with Gasteiger partial charge in [0.2, 0.25) is 0 Å². The lowest BCUT2D eigenvalue weighted by Gasteiger charge is -2.23. The summed E-state index contributed by atoms with van der Waals surface area (Å²) < 4.78 is 15.8. The zero-order valence-electron chi connectivity index (χ0n) is 12.7. The molecule has 116 valence electrons. The van der Waals surface area contributed by atoms with E-state index in [2.05, 4.69) is 25.7 Å².